The first kappa shape index (κ1) is 19.9. The first-order chi connectivity index (χ1) is 13.2. The second-order valence-corrected chi connectivity index (χ2v) is 8.23. The number of hydrogen-bond acceptors (Lipinski definition) is 6. The lowest BCUT2D eigenvalue weighted by Crippen LogP contribution is -2.42. The summed E-state index contributed by atoms with van der Waals surface area (Å²) in [6.07, 6.45) is 3.46. The molecular weight excluding hydrogens is 362 g/mol. The summed E-state index contributed by atoms with van der Waals surface area (Å²) in [4.78, 5) is 28.1. The van der Waals surface area contributed by atoms with Crippen LogP contribution in [-0.4, -0.2) is 38.8 Å². The van der Waals surface area contributed by atoms with Gasteiger partial charge < -0.3 is 19.8 Å². The van der Waals surface area contributed by atoms with Crippen LogP contribution in [-0.2, 0) is 16.0 Å². The van der Waals surface area contributed by atoms with Gasteiger partial charge in [0, 0.05) is 23.2 Å². The third-order valence-corrected chi connectivity index (χ3v) is 4.42. The van der Waals surface area contributed by atoms with Crippen LogP contribution in [0.5, 0.6) is 0 Å². The summed E-state index contributed by atoms with van der Waals surface area (Å²) in [6, 6.07) is 1.82. The van der Waals surface area contributed by atoms with Crippen LogP contribution in [0, 0.1) is 6.92 Å². The predicted octanol–water partition coefficient (Wildman–Crippen LogP) is 3.05. The average molecular weight is 389 g/mol. The van der Waals surface area contributed by atoms with E-state index in [0.29, 0.717) is 11.7 Å². The Bertz CT molecular complexity index is 835. The molecule has 1 aliphatic rings. The van der Waals surface area contributed by atoms with Crippen molar-refractivity contribution >= 4 is 17.8 Å². The van der Waals surface area contributed by atoms with Crippen molar-refractivity contribution in [2.45, 2.75) is 70.9 Å². The zero-order valence-electron chi connectivity index (χ0n) is 16.7. The third-order valence-electron chi connectivity index (χ3n) is 4.42. The van der Waals surface area contributed by atoms with Gasteiger partial charge in [-0.25, -0.2) is 9.78 Å². The molecule has 1 aliphatic carbocycles. The summed E-state index contributed by atoms with van der Waals surface area (Å²) in [5.41, 5.74) is 1.33. The Morgan fingerprint density at radius 3 is 2.82 bits per heavy atom. The van der Waals surface area contributed by atoms with Crippen LogP contribution in [0.4, 0.5) is 10.6 Å². The number of oxazole rings is 1. The second-order valence-electron chi connectivity index (χ2n) is 8.23. The maximum absolute atomic E-state index is 12.1. The van der Waals surface area contributed by atoms with Crippen molar-refractivity contribution in [2.24, 2.45) is 0 Å². The lowest BCUT2D eigenvalue weighted by Gasteiger charge is -2.22. The van der Waals surface area contributed by atoms with Gasteiger partial charge in [-0.2, -0.15) is 5.10 Å². The highest BCUT2D eigenvalue weighted by atomic mass is 16.6. The topological polar surface area (TPSA) is 122 Å². The molecule has 28 heavy (non-hydrogen) atoms. The monoisotopic (exact) mass is 389 g/mol. The molecule has 2 amide bonds. The van der Waals surface area contributed by atoms with E-state index < -0.39 is 6.09 Å². The molecule has 9 heteroatoms. The number of nitrogens with one attached hydrogen (secondary N) is 3. The van der Waals surface area contributed by atoms with Crippen molar-refractivity contribution in [2.75, 3.05) is 5.32 Å². The number of nitrogens with zero attached hydrogens (tertiary/aromatic N) is 2. The Morgan fingerprint density at radius 1 is 1.36 bits per heavy atom. The van der Waals surface area contributed by atoms with Gasteiger partial charge in [0.2, 0.25) is 11.8 Å². The van der Waals surface area contributed by atoms with Gasteiger partial charge in [0.25, 0.3) is 0 Å². The maximum atomic E-state index is 12.1. The van der Waals surface area contributed by atoms with Crippen LogP contribution in [0.25, 0.3) is 0 Å². The number of aryl methyl sites for hydroxylation is 1. The Morgan fingerprint density at radius 2 is 2.14 bits per heavy atom. The number of aromatic amines is 1. The van der Waals surface area contributed by atoms with Gasteiger partial charge in [0.1, 0.15) is 18.8 Å². The van der Waals surface area contributed by atoms with E-state index >= 15 is 0 Å². The minimum atomic E-state index is -0.391. The van der Waals surface area contributed by atoms with Gasteiger partial charge in [-0.3, -0.25) is 9.89 Å². The molecule has 0 bridgehead atoms. The van der Waals surface area contributed by atoms with Crippen molar-refractivity contribution in [3.63, 3.8) is 0 Å². The fraction of sp³-hybridized carbons (Fsp3) is 0.579. The summed E-state index contributed by atoms with van der Waals surface area (Å²) in [5, 5.41) is 12.7. The Balaban J connectivity index is 1.49. The largest absolute Gasteiger partial charge is 0.448 e. The van der Waals surface area contributed by atoms with Crippen LogP contribution in [0.2, 0.25) is 0 Å². The number of carbonyl (C=O) groups excluding carboxylic acids is 2. The van der Waals surface area contributed by atoms with Gasteiger partial charge >= 0.3 is 6.09 Å². The third kappa shape index (κ3) is 5.58. The fourth-order valence-corrected chi connectivity index (χ4v) is 3.23. The Kier molecular flexibility index (Phi) is 5.71. The van der Waals surface area contributed by atoms with Crippen LogP contribution in [0.1, 0.15) is 63.2 Å². The first-order valence-electron chi connectivity index (χ1n) is 9.43. The molecule has 0 aromatic carbocycles. The molecule has 2 heterocycles. The summed E-state index contributed by atoms with van der Waals surface area (Å²) in [7, 11) is 0. The molecule has 1 fully saturated rings. The zero-order chi connectivity index (χ0) is 20.3. The minimum absolute atomic E-state index is 0.0538. The van der Waals surface area contributed by atoms with E-state index in [1.165, 1.54) is 6.26 Å². The van der Waals surface area contributed by atoms with Gasteiger partial charge in [-0.05, 0) is 47.0 Å². The lowest BCUT2D eigenvalue weighted by atomic mass is 10.0. The molecule has 3 rings (SSSR count). The van der Waals surface area contributed by atoms with Crippen molar-refractivity contribution in [3.8, 4) is 0 Å². The SMILES string of the molecule is Cc1coc(CC(=O)Nc2cc(C3CCC(OC(=O)NC(C)(C)C)C3)[nH]n2)n1. The van der Waals surface area contributed by atoms with Crippen molar-refractivity contribution < 1.29 is 18.7 Å². The molecule has 2 unspecified atom stereocenters. The van der Waals surface area contributed by atoms with E-state index in [2.05, 4.69) is 25.8 Å². The van der Waals surface area contributed by atoms with E-state index in [1.807, 2.05) is 26.8 Å². The normalized spacial score (nSPS) is 19.4. The molecule has 152 valence electrons. The molecule has 2 aromatic heterocycles. The van der Waals surface area contributed by atoms with Gasteiger partial charge in [-0.1, -0.05) is 0 Å². The van der Waals surface area contributed by atoms with E-state index in [1.54, 1.807) is 6.92 Å². The summed E-state index contributed by atoms with van der Waals surface area (Å²) in [6.45, 7) is 7.54. The van der Waals surface area contributed by atoms with Crippen molar-refractivity contribution in [3.05, 3.63) is 29.6 Å². The quantitative estimate of drug-likeness (QED) is 0.722. The van der Waals surface area contributed by atoms with E-state index in [9.17, 15) is 9.59 Å². The van der Waals surface area contributed by atoms with Crippen LogP contribution in [0.3, 0.4) is 0 Å². The molecule has 0 radical (unpaired) electrons. The number of alkyl carbamates (subject to hydrolysis) is 1. The Hall–Kier alpha value is -2.84. The summed E-state index contributed by atoms with van der Waals surface area (Å²) >= 11 is 0. The number of amides is 2. The molecule has 9 nitrogen and oxygen atoms in total. The number of H-pyrrole nitrogens is 1. The van der Waals surface area contributed by atoms with E-state index in [-0.39, 0.29) is 29.9 Å². The molecule has 3 N–H and O–H groups in total. The molecule has 0 spiro atoms. The number of aromatic nitrogens is 3. The summed E-state index contributed by atoms with van der Waals surface area (Å²) < 4.78 is 10.7. The molecular formula is C19H27N5O4. The lowest BCUT2D eigenvalue weighted by molar-refractivity contribution is -0.115. The number of anilines is 1. The molecule has 1 saturated carbocycles. The number of hydrogen-bond donors (Lipinski definition) is 3. The molecule has 0 saturated heterocycles. The number of rotatable bonds is 5. The highest BCUT2D eigenvalue weighted by Gasteiger charge is 2.30. The summed E-state index contributed by atoms with van der Waals surface area (Å²) in [5.74, 6) is 0.791. The van der Waals surface area contributed by atoms with E-state index in [0.717, 1.165) is 30.7 Å². The van der Waals surface area contributed by atoms with Crippen molar-refractivity contribution in [1.82, 2.24) is 20.5 Å². The van der Waals surface area contributed by atoms with Crippen LogP contribution in [0.15, 0.2) is 16.7 Å². The van der Waals surface area contributed by atoms with Gasteiger partial charge in [0.15, 0.2) is 5.82 Å². The van der Waals surface area contributed by atoms with Crippen LogP contribution < -0.4 is 10.6 Å². The highest BCUT2D eigenvalue weighted by Crippen LogP contribution is 2.35. The molecule has 2 aromatic rings. The van der Waals surface area contributed by atoms with Gasteiger partial charge in [-0.15, -0.1) is 0 Å². The van der Waals surface area contributed by atoms with Gasteiger partial charge in [0.05, 0.1) is 5.69 Å². The number of ether oxygens (including phenoxy) is 1. The average Bonchev–Trinajstić information content (AvgIpc) is 3.27. The minimum Gasteiger partial charge on any atom is -0.448 e. The highest BCUT2D eigenvalue weighted by molar-refractivity contribution is 5.90. The van der Waals surface area contributed by atoms with Crippen LogP contribution >= 0.6 is 0 Å². The first-order valence-corrected chi connectivity index (χ1v) is 9.43. The molecule has 0 aliphatic heterocycles. The molecule has 2 atom stereocenters. The fourth-order valence-electron chi connectivity index (χ4n) is 3.23. The second kappa shape index (κ2) is 8.04. The smallest absolute Gasteiger partial charge is 0.407 e. The number of carbonyl (C=O) groups is 2. The van der Waals surface area contributed by atoms with Crippen molar-refractivity contribution in [1.29, 1.82) is 0 Å². The van der Waals surface area contributed by atoms with E-state index in [4.69, 9.17) is 9.15 Å². The zero-order valence-corrected chi connectivity index (χ0v) is 16.7. The standard InChI is InChI=1S/C19H27N5O4/c1-11-10-27-17(20-11)9-16(25)21-15-8-14(23-24-15)12-5-6-13(7-12)28-18(26)22-19(2,3)4/h8,10,12-13H,5-7,9H2,1-4H3,(H,22,26)(H2,21,23,24,25). The maximum Gasteiger partial charge on any atom is 0.407 e. The Labute approximate surface area is 163 Å². The predicted molar refractivity (Wildman–Crippen MR) is 102 cm³/mol.